The third-order valence-corrected chi connectivity index (χ3v) is 5.64. The summed E-state index contributed by atoms with van der Waals surface area (Å²) in [6, 6.07) is 6.74. The molecular weight excluding hydrogens is 406 g/mol. The van der Waals surface area contributed by atoms with Gasteiger partial charge in [-0.3, -0.25) is 9.78 Å². The molecule has 1 unspecified atom stereocenters. The van der Waals surface area contributed by atoms with E-state index >= 15 is 0 Å². The van der Waals surface area contributed by atoms with Gasteiger partial charge in [0.15, 0.2) is 17.5 Å². The number of carbonyl (C=O) groups is 1. The molecule has 1 fully saturated rings. The quantitative estimate of drug-likeness (QED) is 0.597. The van der Waals surface area contributed by atoms with Crippen molar-refractivity contribution in [2.24, 2.45) is 0 Å². The zero-order chi connectivity index (χ0) is 21.8. The molecule has 31 heavy (non-hydrogen) atoms. The van der Waals surface area contributed by atoms with Crippen LogP contribution in [0.15, 0.2) is 47.2 Å². The Morgan fingerprint density at radius 3 is 2.77 bits per heavy atom. The predicted octanol–water partition coefficient (Wildman–Crippen LogP) is 3.62. The number of hydrogen-bond acceptors (Lipinski definition) is 6. The van der Waals surface area contributed by atoms with Gasteiger partial charge in [-0.25, -0.2) is 8.78 Å². The standard InChI is InChI=1S/C22H22F2N4O3/c1-30-12-8-22(21-26-19(31-27-21)15-5-9-25-10-6-15)7-2-11-28(14-22)20(29)16-3-4-17(23)18(24)13-16/h3-6,9-10,13H,2,7-8,11-12,14H2,1H3. The van der Waals surface area contributed by atoms with Gasteiger partial charge < -0.3 is 14.2 Å². The van der Waals surface area contributed by atoms with Crippen LogP contribution in [0.25, 0.3) is 11.5 Å². The van der Waals surface area contributed by atoms with Crippen molar-refractivity contribution in [1.82, 2.24) is 20.0 Å². The smallest absolute Gasteiger partial charge is 0.258 e. The van der Waals surface area contributed by atoms with E-state index in [0.717, 1.165) is 24.1 Å². The van der Waals surface area contributed by atoms with E-state index in [9.17, 15) is 13.6 Å². The van der Waals surface area contributed by atoms with E-state index in [1.807, 2.05) is 0 Å². The first-order chi connectivity index (χ1) is 15.0. The molecular formula is C22H22F2N4O3. The summed E-state index contributed by atoms with van der Waals surface area (Å²) in [5, 5.41) is 4.22. The maximum absolute atomic E-state index is 13.7. The maximum atomic E-state index is 13.7. The number of halogens is 2. The van der Waals surface area contributed by atoms with E-state index in [1.165, 1.54) is 6.07 Å². The fourth-order valence-corrected chi connectivity index (χ4v) is 3.96. The van der Waals surface area contributed by atoms with Crippen LogP contribution in [0.4, 0.5) is 8.78 Å². The lowest BCUT2D eigenvalue weighted by molar-refractivity contribution is 0.0566. The number of likely N-dealkylation sites (tertiary alicyclic amines) is 1. The number of methoxy groups -OCH3 is 1. The zero-order valence-electron chi connectivity index (χ0n) is 17.1. The molecule has 1 aromatic carbocycles. The van der Waals surface area contributed by atoms with Gasteiger partial charge in [-0.1, -0.05) is 5.16 Å². The maximum Gasteiger partial charge on any atom is 0.258 e. The molecule has 1 aliphatic heterocycles. The summed E-state index contributed by atoms with van der Waals surface area (Å²) in [6.45, 7) is 1.28. The molecule has 4 rings (SSSR count). The van der Waals surface area contributed by atoms with Crippen LogP contribution in [-0.2, 0) is 10.2 Å². The molecule has 1 amide bonds. The molecule has 1 atom stereocenters. The van der Waals surface area contributed by atoms with Crippen molar-refractivity contribution in [2.45, 2.75) is 24.7 Å². The average molecular weight is 428 g/mol. The highest BCUT2D eigenvalue weighted by Gasteiger charge is 2.42. The van der Waals surface area contributed by atoms with Crippen molar-refractivity contribution < 1.29 is 22.8 Å². The van der Waals surface area contributed by atoms with Crippen molar-refractivity contribution in [1.29, 1.82) is 0 Å². The van der Waals surface area contributed by atoms with Crippen LogP contribution in [0.5, 0.6) is 0 Å². The number of amides is 1. The molecule has 0 aliphatic carbocycles. The number of pyridine rings is 1. The molecule has 162 valence electrons. The van der Waals surface area contributed by atoms with Crippen LogP contribution >= 0.6 is 0 Å². The van der Waals surface area contributed by atoms with Crippen LogP contribution < -0.4 is 0 Å². The van der Waals surface area contributed by atoms with Crippen molar-refractivity contribution in [3.63, 3.8) is 0 Å². The molecule has 0 bridgehead atoms. The van der Waals surface area contributed by atoms with Crippen molar-refractivity contribution in [2.75, 3.05) is 26.8 Å². The Hall–Kier alpha value is -3.20. The van der Waals surface area contributed by atoms with Gasteiger partial charge in [0.1, 0.15) is 0 Å². The predicted molar refractivity (Wildman–Crippen MR) is 107 cm³/mol. The largest absolute Gasteiger partial charge is 0.385 e. The summed E-state index contributed by atoms with van der Waals surface area (Å²) >= 11 is 0. The minimum Gasteiger partial charge on any atom is -0.385 e. The Morgan fingerprint density at radius 1 is 1.23 bits per heavy atom. The third kappa shape index (κ3) is 4.32. The number of nitrogens with zero attached hydrogens (tertiary/aromatic N) is 4. The molecule has 0 radical (unpaired) electrons. The monoisotopic (exact) mass is 428 g/mol. The number of rotatable bonds is 6. The summed E-state index contributed by atoms with van der Waals surface area (Å²) in [4.78, 5) is 23.3. The molecule has 1 aliphatic rings. The Kier molecular flexibility index (Phi) is 6.03. The van der Waals surface area contributed by atoms with E-state index in [-0.39, 0.29) is 11.5 Å². The van der Waals surface area contributed by atoms with E-state index in [4.69, 9.17) is 9.26 Å². The summed E-state index contributed by atoms with van der Waals surface area (Å²) in [6.07, 6.45) is 5.32. The lowest BCUT2D eigenvalue weighted by atomic mass is 9.76. The van der Waals surface area contributed by atoms with Crippen LogP contribution in [0.3, 0.4) is 0 Å². The Bertz CT molecular complexity index is 1060. The van der Waals surface area contributed by atoms with Crippen LogP contribution in [0.1, 0.15) is 35.4 Å². The minimum atomic E-state index is -1.05. The van der Waals surface area contributed by atoms with Gasteiger partial charge in [-0.2, -0.15) is 4.98 Å². The van der Waals surface area contributed by atoms with Crippen LogP contribution in [0, 0.1) is 11.6 Å². The fraction of sp³-hybridized carbons (Fsp3) is 0.364. The van der Waals surface area contributed by atoms with E-state index < -0.39 is 17.0 Å². The Morgan fingerprint density at radius 2 is 2.03 bits per heavy atom. The summed E-state index contributed by atoms with van der Waals surface area (Å²) in [7, 11) is 1.61. The number of aromatic nitrogens is 3. The molecule has 2 aromatic heterocycles. The lowest BCUT2D eigenvalue weighted by Crippen LogP contribution is -2.49. The van der Waals surface area contributed by atoms with Gasteiger partial charge in [0.05, 0.1) is 5.41 Å². The van der Waals surface area contributed by atoms with Gasteiger partial charge in [0.2, 0.25) is 0 Å². The SMILES string of the molecule is COCCC1(c2noc(-c3ccncc3)n2)CCCN(C(=O)c2ccc(F)c(F)c2)C1. The van der Waals surface area contributed by atoms with Gasteiger partial charge in [0, 0.05) is 50.3 Å². The molecule has 1 saturated heterocycles. The highest BCUT2D eigenvalue weighted by molar-refractivity contribution is 5.94. The number of benzene rings is 1. The number of carbonyl (C=O) groups excluding carboxylic acids is 1. The molecule has 0 N–H and O–H groups in total. The van der Waals surface area contributed by atoms with E-state index in [0.29, 0.717) is 44.3 Å². The number of piperidine rings is 1. The molecule has 9 heteroatoms. The van der Waals surface area contributed by atoms with Crippen molar-refractivity contribution in [3.05, 3.63) is 65.7 Å². The molecule has 0 spiro atoms. The van der Waals surface area contributed by atoms with Crippen LogP contribution in [-0.4, -0.2) is 52.7 Å². The summed E-state index contributed by atoms with van der Waals surface area (Å²) in [5.41, 5.74) is 0.283. The summed E-state index contributed by atoms with van der Waals surface area (Å²) in [5.74, 6) is -1.52. The Labute approximate surface area is 178 Å². The van der Waals surface area contributed by atoms with Crippen molar-refractivity contribution >= 4 is 5.91 Å². The molecule has 7 nitrogen and oxygen atoms in total. The number of hydrogen-bond donors (Lipinski definition) is 0. The van der Waals surface area contributed by atoms with E-state index in [2.05, 4.69) is 15.1 Å². The van der Waals surface area contributed by atoms with Gasteiger partial charge >= 0.3 is 0 Å². The second-order valence-corrected chi connectivity index (χ2v) is 7.64. The first kappa shape index (κ1) is 21.0. The third-order valence-electron chi connectivity index (χ3n) is 5.64. The molecule has 0 saturated carbocycles. The lowest BCUT2D eigenvalue weighted by Gasteiger charge is -2.41. The van der Waals surface area contributed by atoms with E-state index in [1.54, 1.807) is 36.5 Å². The Balaban J connectivity index is 1.63. The molecule has 3 heterocycles. The minimum absolute atomic E-state index is 0.104. The normalized spacial score (nSPS) is 18.9. The van der Waals surface area contributed by atoms with Gasteiger partial charge in [-0.05, 0) is 49.6 Å². The van der Waals surface area contributed by atoms with Crippen molar-refractivity contribution in [3.8, 4) is 11.5 Å². The highest BCUT2D eigenvalue weighted by Crippen LogP contribution is 2.37. The van der Waals surface area contributed by atoms with Crippen LogP contribution in [0.2, 0.25) is 0 Å². The number of ether oxygens (including phenoxy) is 1. The average Bonchev–Trinajstić information content (AvgIpc) is 3.31. The summed E-state index contributed by atoms with van der Waals surface area (Å²) < 4.78 is 37.7. The fourth-order valence-electron chi connectivity index (χ4n) is 3.96. The first-order valence-corrected chi connectivity index (χ1v) is 10.0. The topological polar surface area (TPSA) is 81.3 Å². The second kappa shape index (κ2) is 8.89. The highest BCUT2D eigenvalue weighted by atomic mass is 19.2. The van der Waals surface area contributed by atoms with Gasteiger partial charge in [0.25, 0.3) is 11.8 Å². The second-order valence-electron chi connectivity index (χ2n) is 7.64. The molecule has 3 aromatic rings. The first-order valence-electron chi connectivity index (χ1n) is 10.0. The zero-order valence-corrected chi connectivity index (χ0v) is 17.1. The van der Waals surface area contributed by atoms with Gasteiger partial charge in [-0.15, -0.1) is 0 Å².